The Morgan fingerprint density at radius 1 is 0.388 bits per heavy atom. The van der Waals surface area contributed by atoms with Gasteiger partial charge in [-0.05, 0) is 84.8 Å². The van der Waals surface area contributed by atoms with E-state index in [4.69, 9.17) is 0 Å². The molecule has 3 aliphatic carbocycles. The van der Waals surface area contributed by atoms with E-state index in [1.165, 1.54) is 83.7 Å². The fourth-order valence-corrected chi connectivity index (χ4v) is 9.60. The van der Waals surface area contributed by atoms with E-state index in [1.807, 2.05) is 6.07 Å². The topological polar surface area (TPSA) is 12.4 Å². The highest BCUT2D eigenvalue weighted by molar-refractivity contribution is 5.94. The van der Waals surface area contributed by atoms with E-state index in [9.17, 15) is 0 Å². The van der Waals surface area contributed by atoms with Crippen LogP contribution in [0.1, 0.15) is 63.4 Å². The number of rotatable bonds is 1. The summed E-state index contributed by atoms with van der Waals surface area (Å²) in [5.41, 5.74) is 19.6. The van der Waals surface area contributed by atoms with Gasteiger partial charge in [0, 0.05) is 12.1 Å². The van der Waals surface area contributed by atoms with Gasteiger partial charge in [-0.3, -0.25) is 4.99 Å². The van der Waals surface area contributed by atoms with Crippen molar-refractivity contribution >= 4 is 11.4 Å². The summed E-state index contributed by atoms with van der Waals surface area (Å²) in [5, 5.41) is 0. The van der Waals surface area contributed by atoms with Crippen molar-refractivity contribution in [2.45, 2.75) is 30.6 Å². The Hall–Kier alpha value is -5.79. The monoisotopic (exact) mass is 625 g/mol. The summed E-state index contributed by atoms with van der Waals surface area (Å²) in [6.45, 7) is 2.16. The maximum Gasteiger partial charge on any atom is 0.0720 e. The Balaban J connectivity index is 0.000000237. The second-order valence-electron chi connectivity index (χ2n) is 13.6. The van der Waals surface area contributed by atoms with Gasteiger partial charge >= 0.3 is 0 Å². The van der Waals surface area contributed by atoms with Crippen LogP contribution in [0, 0.1) is 0 Å². The fraction of sp³-hybridized carbons (Fsp3) is 0.104. The third kappa shape index (κ3) is 3.63. The van der Waals surface area contributed by atoms with Crippen molar-refractivity contribution in [3.63, 3.8) is 0 Å². The lowest BCUT2D eigenvalue weighted by Crippen LogP contribution is -2.43. The van der Waals surface area contributed by atoms with E-state index in [1.54, 1.807) is 0 Å². The van der Waals surface area contributed by atoms with Gasteiger partial charge in [0.25, 0.3) is 0 Å². The zero-order chi connectivity index (χ0) is 32.6. The van der Waals surface area contributed by atoms with E-state index < -0.39 is 0 Å². The Morgan fingerprint density at radius 3 is 1.04 bits per heavy atom. The van der Waals surface area contributed by atoms with Crippen molar-refractivity contribution in [3.8, 4) is 22.3 Å². The molecular formula is C48H35N. The molecule has 0 bridgehead atoms. The average molecular weight is 626 g/mol. The van der Waals surface area contributed by atoms with Gasteiger partial charge in [-0.15, -0.1) is 0 Å². The molecule has 4 aliphatic rings. The molecule has 49 heavy (non-hydrogen) atoms. The lowest BCUT2D eigenvalue weighted by molar-refractivity contribution is 0.633. The van der Waals surface area contributed by atoms with Crippen LogP contribution in [-0.2, 0) is 17.3 Å². The van der Waals surface area contributed by atoms with Gasteiger partial charge in [-0.1, -0.05) is 171 Å². The first kappa shape index (κ1) is 28.2. The highest BCUT2D eigenvalue weighted by Gasteiger charge is 2.58. The maximum absolute atomic E-state index is 4.49. The molecule has 0 N–H and O–H groups in total. The minimum atomic E-state index is -0.363. The van der Waals surface area contributed by atoms with E-state index in [-0.39, 0.29) is 10.8 Å². The minimum absolute atomic E-state index is 0.363. The van der Waals surface area contributed by atoms with Crippen molar-refractivity contribution in [1.29, 1.82) is 0 Å². The Labute approximate surface area is 288 Å². The second kappa shape index (κ2) is 10.6. The molecule has 7 aromatic carbocycles. The van der Waals surface area contributed by atoms with Gasteiger partial charge in [0.05, 0.1) is 16.5 Å². The van der Waals surface area contributed by atoms with Gasteiger partial charge in [-0.25, -0.2) is 0 Å². The molecule has 2 spiro atoms. The molecule has 1 aliphatic heterocycles. The summed E-state index contributed by atoms with van der Waals surface area (Å²) in [4.78, 5) is 4.49. The molecule has 0 saturated carbocycles. The number of aliphatic imine (C=N–C) groups is 1. The zero-order valence-corrected chi connectivity index (χ0v) is 27.5. The Kier molecular flexibility index (Phi) is 6.11. The molecule has 11 rings (SSSR count). The van der Waals surface area contributed by atoms with Crippen molar-refractivity contribution < 1.29 is 0 Å². The molecular weight excluding hydrogens is 591 g/mol. The fourth-order valence-electron chi connectivity index (χ4n) is 9.60. The third-order valence-corrected chi connectivity index (χ3v) is 11.4. The normalized spacial score (nSPS) is 15.5. The first-order valence-electron chi connectivity index (χ1n) is 17.5. The molecule has 1 nitrogen and oxygen atoms in total. The summed E-state index contributed by atoms with van der Waals surface area (Å²) in [7, 11) is 0. The summed E-state index contributed by atoms with van der Waals surface area (Å²) >= 11 is 0. The van der Waals surface area contributed by atoms with Crippen LogP contribution in [0.25, 0.3) is 22.3 Å². The highest BCUT2D eigenvalue weighted by atomic mass is 14.8. The van der Waals surface area contributed by atoms with Crippen molar-refractivity contribution in [3.05, 3.63) is 220 Å². The van der Waals surface area contributed by atoms with E-state index in [0.29, 0.717) is 0 Å². The molecule has 1 heteroatoms. The SMILES string of the molecule is CCC1=Nc2ccccc2C1.c1ccc2c(c1)-c1ccccc1C21c2ccccc2C2(c3ccccc3-c3ccccc32)c2ccccc21. The summed E-state index contributed by atoms with van der Waals surface area (Å²) in [6, 6.07) is 63.1. The van der Waals surface area contributed by atoms with Crippen LogP contribution in [0.15, 0.2) is 175 Å². The average Bonchev–Trinajstić information content (AvgIpc) is 3.83. The molecule has 0 saturated heterocycles. The first-order chi connectivity index (χ1) is 24.3. The van der Waals surface area contributed by atoms with Gasteiger partial charge in [-0.2, -0.15) is 0 Å². The molecule has 232 valence electrons. The van der Waals surface area contributed by atoms with Crippen LogP contribution in [0.4, 0.5) is 5.69 Å². The quantitative estimate of drug-likeness (QED) is 0.172. The van der Waals surface area contributed by atoms with Crippen molar-refractivity contribution in [2.24, 2.45) is 4.99 Å². The molecule has 0 aromatic heterocycles. The van der Waals surface area contributed by atoms with Gasteiger partial charge in [0.2, 0.25) is 0 Å². The lowest BCUT2D eigenvalue weighted by atomic mass is 9.52. The number of hydrogen-bond donors (Lipinski definition) is 0. The van der Waals surface area contributed by atoms with Crippen LogP contribution >= 0.6 is 0 Å². The van der Waals surface area contributed by atoms with Crippen LogP contribution in [-0.4, -0.2) is 5.71 Å². The lowest BCUT2D eigenvalue weighted by Gasteiger charge is -2.48. The maximum atomic E-state index is 4.49. The smallest absolute Gasteiger partial charge is 0.0720 e. The van der Waals surface area contributed by atoms with Crippen LogP contribution in [0.2, 0.25) is 0 Å². The molecule has 0 radical (unpaired) electrons. The van der Waals surface area contributed by atoms with Gasteiger partial charge in [0.1, 0.15) is 0 Å². The van der Waals surface area contributed by atoms with Crippen molar-refractivity contribution in [2.75, 3.05) is 0 Å². The molecule has 0 amide bonds. The van der Waals surface area contributed by atoms with Gasteiger partial charge in [0.15, 0.2) is 0 Å². The van der Waals surface area contributed by atoms with Crippen molar-refractivity contribution in [1.82, 2.24) is 0 Å². The molecule has 0 atom stereocenters. The van der Waals surface area contributed by atoms with Crippen LogP contribution in [0.3, 0.4) is 0 Å². The first-order valence-corrected chi connectivity index (χ1v) is 17.5. The molecule has 7 aromatic rings. The number of hydrogen-bond acceptors (Lipinski definition) is 1. The Bertz CT molecular complexity index is 2200. The number of fused-ring (bicyclic) bond motifs is 17. The largest absolute Gasteiger partial charge is 0.257 e. The zero-order valence-electron chi connectivity index (χ0n) is 27.5. The van der Waals surface area contributed by atoms with E-state index in [2.05, 4.69) is 176 Å². The molecule has 0 fully saturated rings. The standard InChI is InChI=1S/C38H24.C10H11N/c1-5-17-29-25(13-1)26-14-2-6-18-30(26)37(29)33-21-9-11-23-35(33)38(36-24-12-10-22-34(36)37)31-19-7-3-15-27(31)28-16-4-8-20-32(28)38;1-2-9-7-8-5-3-4-6-10(8)11-9/h1-24H;3-6H,2,7H2,1H3. The molecule has 0 unspecified atom stereocenters. The van der Waals surface area contributed by atoms with Crippen LogP contribution < -0.4 is 0 Å². The summed E-state index contributed by atoms with van der Waals surface area (Å²) < 4.78 is 0. The third-order valence-electron chi connectivity index (χ3n) is 11.4. The Morgan fingerprint density at radius 2 is 0.694 bits per heavy atom. The molecule has 1 heterocycles. The van der Waals surface area contributed by atoms with Gasteiger partial charge < -0.3 is 0 Å². The minimum Gasteiger partial charge on any atom is -0.257 e. The summed E-state index contributed by atoms with van der Waals surface area (Å²) in [5.74, 6) is 0. The predicted molar refractivity (Wildman–Crippen MR) is 202 cm³/mol. The predicted octanol–water partition coefficient (Wildman–Crippen LogP) is 11.5. The second-order valence-corrected chi connectivity index (χ2v) is 13.6. The number of benzene rings is 7. The van der Waals surface area contributed by atoms with E-state index >= 15 is 0 Å². The highest BCUT2D eigenvalue weighted by Crippen LogP contribution is 2.67. The van der Waals surface area contributed by atoms with Crippen LogP contribution in [0.5, 0.6) is 0 Å². The number of nitrogens with zero attached hydrogens (tertiary/aromatic N) is 1. The summed E-state index contributed by atoms with van der Waals surface area (Å²) in [6.07, 6.45) is 2.14. The van der Waals surface area contributed by atoms with E-state index in [0.717, 1.165) is 12.8 Å². The number of para-hydroxylation sites is 1.